The van der Waals surface area contributed by atoms with Gasteiger partial charge in [0.05, 0.1) is 0 Å². The molecule has 10 heavy (non-hydrogen) atoms. The molecule has 0 heteroatoms. The Morgan fingerprint density at radius 2 is 1.30 bits per heavy atom. The Morgan fingerprint density at radius 1 is 0.800 bits per heavy atom. The highest BCUT2D eigenvalue weighted by atomic mass is 13.7. The van der Waals surface area contributed by atoms with Gasteiger partial charge in [-0.1, -0.05) is 61.8 Å². The zero-order valence-corrected chi connectivity index (χ0v) is 5.90. The summed E-state index contributed by atoms with van der Waals surface area (Å²) < 4.78 is 0. The molecule has 0 bridgehead atoms. The van der Waals surface area contributed by atoms with Gasteiger partial charge in [-0.2, -0.15) is 0 Å². The van der Waals surface area contributed by atoms with E-state index in [-0.39, 0.29) is 0 Å². The lowest BCUT2D eigenvalue weighted by Crippen LogP contribution is -1.48. The van der Waals surface area contributed by atoms with Gasteiger partial charge in [0.2, 0.25) is 0 Å². The van der Waals surface area contributed by atoms with Crippen molar-refractivity contribution in [2.75, 3.05) is 0 Å². The van der Waals surface area contributed by atoms with Crippen LogP contribution in [0.5, 0.6) is 0 Å². The minimum atomic E-state index is 1.49. The molecule has 0 N–H and O–H groups in total. The first-order valence-corrected chi connectivity index (χ1v) is 3.07. The van der Waals surface area contributed by atoms with Crippen LogP contribution < -0.4 is 0 Å². The maximum absolute atomic E-state index is 5.09. The van der Waals surface area contributed by atoms with E-state index in [0.29, 0.717) is 0 Å². The fourth-order valence-corrected chi connectivity index (χ4v) is 0.399. The number of rotatable bonds is 4. The normalized spacial score (nSPS) is 11.6. The van der Waals surface area contributed by atoms with Gasteiger partial charge in [0.1, 0.15) is 0 Å². The molecule has 0 aromatic heterocycles. The molecule has 0 unspecified atom stereocenters. The fraction of sp³-hybridized carbons (Fsp3) is 0. The molecule has 0 aromatic carbocycles. The summed E-state index contributed by atoms with van der Waals surface area (Å²) in [6, 6.07) is 0. The molecule has 0 aromatic rings. The third-order valence-corrected chi connectivity index (χ3v) is 0.803. The summed E-state index contributed by atoms with van der Waals surface area (Å²) in [5.74, 6) is 0. The number of hydrogen-bond acceptors (Lipinski definition) is 0. The molecule has 0 aliphatic rings. The molecule has 1 radical (unpaired) electrons. The first-order chi connectivity index (χ1) is 4.91. The van der Waals surface area contributed by atoms with E-state index in [0.717, 1.165) is 0 Å². The second kappa shape index (κ2) is 7.70. The molecule has 0 spiro atoms. The first kappa shape index (κ1) is 8.70. The average molecular weight is 131 g/mol. The predicted octanol–water partition coefficient (Wildman–Crippen LogP) is 2.83. The summed E-state index contributed by atoms with van der Waals surface area (Å²) in [5, 5.41) is 0. The van der Waals surface area contributed by atoms with Crippen LogP contribution in [0, 0.1) is 6.58 Å². The van der Waals surface area contributed by atoms with Crippen LogP contribution in [0.25, 0.3) is 0 Å². The minimum absolute atomic E-state index is 1.49. The second-order valence-corrected chi connectivity index (χ2v) is 1.58. The smallest absolute Gasteiger partial charge is 0.0623 e. The topological polar surface area (TPSA) is 0 Å². The predicted molar refractivity (Wildman–Crippen MR) is 46.5 cm³/mol. The van der Waals surface area contributed by atoms with E-state index in [4.69, 9.17) is 6.58 Å². The van der Waals surface area contributed by atoms with Crippen molar-refractivity contribution in [2.45, 2.75) is 0 Å². The highest BCUT2D eigenvalue weighted by Crippen LogP contribution is 1.80. The fourth-order valence-electron chi connectivity index (χ4n) is 0.399. The first-order valence-electron chi connectivity index (χ1n) is 3.07. The zero-order chi connectivity index (χ0) is 7.66. The standard InChI is InChI=1S/C10H11/c1-3-5-7-9-10-8-6-4-2/h1,3-10H,2H2. The Labute approximate surface area is 62.6 Å². The molecule has 0 fully saturated rings. The van der Waals surface area contributed by atoms with Crippen molar-refractivity contribution in [3.63, 3.8) is 0 Å². The van der Waals surface area contributed by atoms with Crippen molar-refractivity contribution in [1.82, 2.24) is 0 Å². The van der Waals surface area contributed by atoms with Gasteiger partial charge in [-0.25, -0.2) is 0 Å². The van der Waals surface area contributed by atoms with Crippen molar-refractivity contribution in [2.24, 2.45) is 0 Å². The van der Waals surface area contributed by atoms with Gasteiger partial charge in [0, 0.05) is 0 Å². The SMILES string of the molecule is [CH]=CC=CC=CC=CC=C. The summed E-state index contributed by atoms with van der Waals surface area (Å²) in [5.41, 5.74) is 0. The van der Waals surface area contributed by atoms with Crippen LogP contribution in [0.15, 0.2) is 55.2 Å². The molecule has 0 atom stereocenters. The van der Waals surface area contributed by atoms with Gasteiger partial charge in [-0.3, -0.25) is 0 Å². The third kappa shape index (κ3) is 6.70. The maximum Gasteiger partial charge on any atom is -0.0623 e. The van der Waals surface area contributed by atoms with Crippen LogP contribution in [-0.2, 0) is 0 Å². The summed E-state index contributed by atoms with van der Waals surface area (Å²) in [6.07, 6.45) is 14.4. The lowest BCUT2D eigenvalue weighted by atomic mass is 10.4. The Bertz CT molecular complexity index is 148. The van der Waals surface area contributed by atoms with E-state index >= 15 is 0 Å². The molecule has 0 saturated carbocycles. The van der Waals surface area contributed by atoms with Crippen molar-refractivity contribution in [3.05, 3.63) is 61.8 Å². The zero-order valence-electron chi connectivity index (χ0n) is 5.90. The average Bonchev–Trinajstić information content (AvgIpc) is 1.97. The van der Waals surface area contributed by atoms with Crippen LogP contribution >= 0.6 is 0 Å². The van der Waals surface area contributed by atoms with Gasteiger partial charge >= 0.3 is 0 Å². The highest BCUT2D eigenvalue weighted by molar-refractivity contribution is 5.15. The minimum Gasteiger partial charge on any atom is -0.0991 e. The summed E-state index contributed by atoms with van der Waals surface area (Å²) in [6.45, 7) is 8.62. The Hall–Kier alpha value is -1.30. The van der Waals surface area contributed by atoms with Gasteiger partial charge in [-0.15, -0.1) is 0 Å². The molecular weight excluding hydrogens is 120 g/mol. The molecule has 0 heterocycles. The maximum atomic E-state index is 5.09. The van der Waals surface area contributed by atoms with E-state index in [1.807, 2.05) is 30.4 Å². The van der Waals surface area contributed by atoms with Crippen LogP contribution in [-0.4, -0.2) is 0 Å². The van der Waals surface area contributed by atoms with Crippen molar-refractivity contribution in [1.29, 1.82) is 0 Å². The number of allylic oxidation sites excluding steroid dienone is 8. The van der Waals surface area contributed by atoms with Crippen LogP contribution in [0.2, 0.25) is 0 Å². The molecule has 0 saturated heterocycles. The molecule has 51 valence electrons. The van der Waals surface area contributed by atoms with E-state index in [9.17, 15) is 0 Å². The van der Waals surface area contributed by atoms with E-state index in [1.54, 1.807) is 12.2 Å². The summed E-state index contributed by atoms with van der Waals surface area (Å²) in [4.78, 5) is 0. The van der Waals surface area contributed by atoms with Crippen LogP contribution in [0.4, 0.5) is 0 Å². The van der Waals surface area contributed by atoms with E-state index in [2.05, 4.69) is 6.58 Å². The highest BCUT2D eigenvalue weighted by Gasteiger charge is 1.58. The molecule has 0 nitrogen and oxygen atoms in total. The molecule has 0 aliphatic heterocycles. The van der Waals surface area contributed by atoms with E-state index < -0.39 is 0 Å². The van der Waals surface area contributed by atoms with Gasteiger partial charge in [0.15, 0.2) is 0 Å². The van der Waals surface area contributed by atoms with E-state index in [1.165, 1.54) is 6.08 Å². The van der Waals surface area contributed by atoms with Crippen LogP contribution in [0.3, 0.4) is 0 Å². The van der Waals surface area contributed by atoms with Gasteiger partial charge in [-0.05, 0) is 0 Å². The Balaban J connectivity index is 3.55. The quantitative estimate of drug-likeness (QED) is 0.515. The van der Waals surface area contributed by atoms with Crippen molar-refractivity contribution < 1.29 is 0 Å². The third-order valence-electron chi connectivity index (χ3n) is 0.803. The Kier molecular flexibility index (Phi) is 6.70. The lowest BCUT2D eigenvalue weighted by Gasteiger charge is -1.70. The lowest BCUT2D eigenvalue weighted by molar-refractivity contribution is 1.87. The Morgan fingerprint density at radius 3 is 1.80 bits per heavy atom. The van der Waals surface area contributed by atoms with Gasteiger partial charge in [0.25, 0.3) is 0 Å². The molecular formula is C10H11. The summed E-state index contributed by atoms with van der Waals surface area (Å²) >= 11 is 0. The second-order valence-electron chi connectivity index (χ2n) is 1.58. The largest absolute Gasteiger partial charge is 0.0991 e. The molecule has 0 aliphatic carbocycles. The molecule has 0 rings (SSSR count). The summed E-state index contributed by atoms with van der Waals surface area (Å²) in [7, 11) is 0. The monoisotopic (exact) mass is 131 g/mol. The van der Waals surface area contributed by atoms with Gasteiger partial charge < -0.3 is 0 Å². The van der Waals surface area contributed by atoms with Crippen molar-refractivity contribution >= 4 is 0 Å². The number of hydrogen-bond donors (Lipinski definition) is 0. The van der Waals surface area contributed by atoms with Crippen molar-refractivity contribution in [3.8, 4) is 0 Å². The molecule has 0 amide bonds. The van der Waals surface area contributed by atoms with Crippen LogP contribution in [0.1, 0.15) is 0 Å².